The van der Waals surface area contributed by atoms with Crippen LogP contribution >= 0.6 is 0 Å². The molecule has 4 rings (SSSR count). The Morgan fingerprint density at radius 1 is 1.03 bits per heavy atom. The molecule has 1 amide bonds. The zero-order valence-corrected chi connectivity index (χ0v) is 18.3. The molecule has 34 heavy (non-hydrogen) atoms. The van der Waals surface area contributed by atoms with Gasteiger partial charge in [-0.3, -0.25) is 14.9 Å². The van der Waals surface area contributed by atoms with E-state index in [0.717, 1.165) is 16.8 Å². The highest BCUT2D eigenvalue weighted by atomic mass is 16.6. The molecule has 0 aliphatic heterocycles. The van der Waals surface area contributed by atoms with Crippen LogP contribution in [0.4, 0.5) is 11.4 Å². The van der Waals surface area contributed by atoms with Gasteiger partial charge in [-0.05, 0) is 31.2 Å². The molecular formula is C24H20N2O8. The molecule has 0 radical (unpaired) electrons. The van der Waals surface area contributed by atoms with Crippen molar-refractivity contribution in [3.63, 3.8) is 0 Å². The van der Waals surface area contributed by atoms with Gasteiger partial charge in [-0.15, -0.1) is 0 Å². The molecule has 1 aromatic heterocycles. The van der Waals surface area contributed by atoms with Crippen LogP contribution in [0.5, 0.6) is 11.5 Å². The highest BCUT2D eigenvalue weighted by Gasteiger charge is 2.20. The van der Waals surface area contributed by atoms with Gasteiger partial charge in [0.1, 0.15) is 16.9 Å². The number of rotatable bonds is 8. The lowest BCUT2D eigenvalue weighted by Gasteiger charge is -2.11. The molecule has 0 saturated heterocycles. The smallest absolute Gasteiger partial charge is 0.338 e. The van der Waals surface area contributed by atoms with Crippen LogP contribution in [0.2, 0.25) is 0 Å². The van der Waals surface area contributed by atoms with Gasteiger partial charge in [-0.25, -0.2) is 4.79 Å². The van der Waals surface area contributed by atoms with Crippen molar-refractivity contribution in [2.45, 2.75) is 6.92 Å². The van der Waals surface area contributed by atoms with E-state index >= 15 is 0 Å². The first-order valence-corrected chi connectivity index (χ1v) is 10.3. The maximum Gasteiger partial charge on any atom is 0.338 e. The maximum atomic E-state index is 12.4. The standard InChI is InChI=1S/C24H20N2O8/c1-3-32-20-9-8-14(10-18(20)26(29)30)24(28)33-13-23(27)25-17-12-21-16(11-22(17)31-2)15-6-4-5-7-19(15)34-21/h4-12H,3,13H2,1-2H3,(H,25,27). The van der Waals surface area contributed by atoms with E-state index in [4.69, 9.17) is 18.6 Å². The number of para-hydroxylation sites is 1. The second-order valence-electron chi connectivity index (χ2n) is 7.14. The predicted molar refractivity (Wildman–Crippen MR) is 123 cm³/mol. The van der Waals surface area contributed by atoms with Crippen LogP contribution in [0.25, 0.3) is 21.9 Å². The summed E-state index contributed by atoms with van der Waals surface area (Å²) < 4.78 is 21.4. The number of amides is 1. The molecule has 10 heteroatoms. The number of benzene rings is 3. The number of nitro benzene ring substituents is 1. The molecule has 0 aliphatic rings. The average molecular weight is 464 g/mol. The van der Waals surface area contributed by atoms with Gasteiger partial charge in [-0.2, -0.15) is 0 Å². The van der Waals surface area contributed by atoms with Gasteiger partial charge in [0.15, 0.2) is 12.4 Å². The number of hydrogen-bond acceptors (Lipinski definition) is 8. The Hall–Kier alpha value is -4.60. The van der Waals surface area contributed by atoms with Crippen molar-refractivity contribution in [3.8, 4) is 11.5 Å². The highest BCUT2D eigenvalue weighted by molar-refractivity contribution is 6.08. The Morgan fingerprint density at radius 3 is 2.56 bits per heavy atom. The Morgan fingerprint density at radius 2 is 1.82 bits per heavy atom. The van der Waals surface area contributed by atoms with Crippen LogP contribution < -0.4 is 14.8 Å². The van der Waals surface area contributed by atoms with Crippen molar-refractivity contribution in [1.82, 2.24) is 0 Å². The summed E-state index contributed by atoms with van der Waals surface area (Å²) in [7, 11) is 1.47. The minimum atomic E-state index is -0.888. The van der Waals surface area contributed by atoms with E-state index in [9.17, 15) is 19.7 Å². The lowest BCUT2D eigenvalue weighted by Crippen LogP contribution is -2.21. The molecule has 0 unspecified atom stereocenters. The monoisotopic (exact) mass is 464 g/mol. The van der Waals surface area contributed by atoms with Gasteiger partial charge in [0.25, 0.3) is 5.91 Å². The summed E-state index contributed by atoms with van der Waals surface area (Å²) in [6.07, 6.45) is 0. The van der Waals surface area contributed by atoms with E-state index in [1.165, 1.54) is 19.2 Å². The number of fused-ring (bicyclic) bond motifs is 3. The molecule has 1 heterocycles. The molecule has 174 valence electrons. The molecule has 0 fully saturated rings. The van der Waals surface area contributed by atoms with Gasteiger partial charge in [0.2, 0.25) is 0 Å². The van der Waals surface area contributed by atoms with E-state index in [1.54, 1.807) is 19.1 Å². The Kier molecular flexibility index (Phi) is 6.30. The molecule has 0 saturated carbocycles. The first kappa shape index (κ1) is 22.6. The van der Waals surface area contributed by atoms with Crippen molar-refractivity contribution in [2.75, 3.05) is 25.6 Å². The maximum absolute atomic E-state index is 12.4. The fourth-order valence-electron chi connectivity index (χ4n) is 3.48. The fraction of sp³-hybridized carbons (Fsp3) is 0.167. The summed E-state index contributed by atoms with van der Waals surface area (Å²) in [4.78, 5) is 35.4. The van der Waals surface area contributed by atoms with E-state index in [1.807, 2.05) is 24.3 Å². The number of ether oxygens (including phenoxy) is 3. The number of methoxy groups -OCH3 is 1. The number of carbonyl (C=O) groups is 2. The summed E-state index contributed by atoms with van der Waals surface area (Å²) in [6.45, 7) is 1.31. The second-order valence-corrected chi connectivity index (χ2v) is 7.14. The number of furan rings is 1. The average Bonchev–Trinajstić information content (AvgIpc) is 3.19. The van der Waals surface area contributed by atoms with Gasteiger partial charge in [-0.1, -0.05) is 18.2 Å². The van der Waals surface area contributed by atoms with Crippen LogP contribution in [0.15, 0.2) is 59.0 Å². The lowest BCUT2D eigenvalue weighted by molar-refractivity contribution is -0.385. The van der Waals surface area contributed by atoms with Gasteiger partial charge in [0.05, 0.1) is 29.9 Å². The number of nitro groups is 1. The molecule has 3 aromatic carbocycles. The zero-order valence-electron chi connectivity index (χ0n) is 18.3. The highest BCUT2D eigenvalue weighted by Crippen LogP contribution is 2.36. The number of nitrogens with one attached hydrogen (secondary N) is 1. The number of esters is 1. The van der Waals surface area contributed by atoms with Crippen LogP contribution in [0.3, 0.4) is 0 Å². The minimum absolute atomic E-state index is 0.0369. The largest absolute Gasteiger partial charge is 0.495 e. The fourth-order valence-corrected chi connectivity index (χ4v) is 3.48. The van der Waals surface area contributed by atoms with Gasteiger partial charge >= 0.3 is 11.7 Å². The van der Waals surface area contributed by atoms with Crippen LogP contribution in [0, 0.1) is 10.1 Å². The second kappa shape index (κ2) is 9.49. The third kappa shape index (κ3) is 4.46. The summed E-state index contributed by atoms with van der Waals surface area (Å²) in [6, 6.07) is 14.6. The van der Waals surface area contributed by atoms with Crippen molar-refractivity contribution in [3.05, 3.63) is 70.3 Å². The van der Waals surface area contributed by atoms with E-state index in [-0.39, 0.29) is 23.6 Å². The SMILES string of the molecule is CCOc1ccc(C(=O)OCC(=O)Nc2cc3oc4ccccc4c3cc2OC)cc1[N+](=O)[O-]. The van der Waals surface area contributed by atoms with E-state index < -0.39 is 23.4 Å². The van der Waals surface area contributed by atoms with Crippen LogP contribution in [-0.2, 0) is 9.53 Å². The predicted octanol–water partition coefficient (Wildman–Crippen LogP) is 4.70. The van der Waals surface area contributed by atoms with Crippen molar-refractivity contribution in [1.29, 1.82) is 0 Å². The Balaban J connectivity index is 1.47. The third-order valence-electron chi connectivity index (χ3n) is 5.00. The molecule has 0 bridgehead atoms. The first-order chi connectivity index (χ1) is 16.4. The van der Waals surface area contributed by atoms with Crippen molar-refractivity contribution >= 4 is 45.2 Å². The molecule has 0 atom stereocenters. The number of hydrogen-bond donors (Lipinski definition) is 1. The summed E-state index contributed by atoms with van der Waals surface area (Å²) in [5, 5.41) is 15.6. The number of carbonyl (C=O) groups excluding carboxylic acids is 2. The first-order valence-electron chi connectivity index (χ1n) is 10.3. The minimum Gasteiger partial charge on any atom is -0.495 e. The summed E-state index contributed by atoms with van der Waals surface area (Å²) in [5.74, 6) is -1.07. The molecule has 10 nitrogen and oxygen atoms in total. The normalized spacial score (nSPS) is 10.8. The molecular weight excluding hydrogens is 444 g/mol. The topological polar surface area (TPSA) is 130 Å². The van der Waals surface area contributed by atoms with Crippen molar-refractivity contribution < 1.29 is 33.1 Å². The zero-order chi connectivity index (χ0) is 24.2. The molecule has 1 N–H and O–H groups in total. The van der Waals surface area contributed by atoms with Crippen molar-refractivity contribution in [2.24, 2.45) is 0 Å². The molecule has 4 aromatic rings. The van der Waals surface area contributed by atoms with Crippen LogP contribution in [-0.4, -0.2) is 37.1 Å². The molecule has 0 aliphatic carbocycles. The Bertz CT molecular complexity index is 1410. The summed E-state index contributed by atoms with van der Waals surface area (Å²) >= 11 is 0. The molecule has 0 spiro atoms. The van der Waals surface area contributed by atoms with Gasteiger partial charge < -0.3 is 23.9 Å². The third-order valence-corrected chi connectivity index (χ3v) is 5.00. The van der Waals surface area contributed by atoms with E-state index in [0.29, 0.717) is 22.6 Å². The van der Waals surface area contributed by atoms with Gasteiger partial charge in [0, 0.05) is 22.9 Å². The lowest BCUT2D eigenvalue weighted by atomic mass is 10.1. The number of nitrogens with zero attached hydrogens (tertiary/aromatic N) is 1. The van der Waals surface area contributed by atoms with E-state index in [2.05, 4.69) is 5.32 Å². The van der Waals surface area contributed by atoms with Crippen LogP contribution in [0.1, 0.15) is 17.3 Å². The summed E-state index contributed by atoms with van der Waals surface area (Å²) in [5.41, 5.74) is 1.14. The Labute approximate surface area is 193 Å². The number of anilines is 1. The quantitative estimate of drug-likeness (QED) is 0.226.